The lowest BCUT2D eigenvalue weighted by atomic mass is 10.1. The molecule has 0 aliphatic carbocycles. The maximum Gasteiger partial charge on any atom is 0.305 e. The van der Waals surface area contributed by atoms with Gasteiger partial charge in [-0.25, -0.2) is 0 Å². The van der Waals surface area contributed by atoms with Crippen molar-refractivity contribution >= 4 is 11.7 Å². The monoisotopic (exact) mass is 389 g/mol. The molecule has 5 heteroatoms. The summed E-state index contributed by atoms with van der Waals surface area (Å²) in [5.74, 6) is 0.376. The van der Waals surface area contributed by atoms with Crippen molar-refractivity contribution in [2.24, 2.45) is 5.16 Å². The van der Waals surface area contributed by atoms with E-state index in [0.717, 1.165) is 11.1 Å². The van der Waals surface area contributed by atoms with Gasteiger partial charge in [-0.15, -0.1) is 0 Å². The fourth-order valence-electron chi connectivity index (χ4n) is 2.69. The lowest BCUT2D eigenvalue weighted by Gasteiger charge is -2.18. The molecule has 0 amide bonds. The topological polar surface area (TPSA) is 57.1 Å². The van der Waals surface area contributed by atoms with Crippen molar-refractivity contribution in [3.05, 3.63) is 102 Å². The summed E-state index contributed by atoms with van der Waals surface area (Å²) in [7, 11) is 1.37. The van der Waals surface area contributed by atoms with Gasteiger partial charge in [-0.2, -0.15) is 0 Å². The average Bonchev–Trinajstić information content (AvgIpc) is 2.80. The van der Waals surface area contributed by atoms with Crippen LogP contribution < -0.4 is 4.74 Å². The number of methoxy groups -OCH3 is 1. The zero-order valence-corrected chi connectivity index (χ0v) is 16.2. The third kappa shape index (κ3) is 6.21. The molecule has 0 radical (unpaired) electrons. The Morgan fingerprint density at radius 1 is 0.828 bits per heavy atom. The molecule has 1 unspecified atom stereocenters. The summed E-state index contributed by atoms with van der Waals surface area (Å²) in [6.45, 7) is 0. The highest BCUT2D eigenvalue weighted by atomic mass is 16.8. The Morgan fingerprint density at radius 2 is 1.41 bits per heavy atom. The van der Waals surface area contributed by atoms with E-state index in [9.17, 15) is 4.79 Å². The summed E-state index contributed by atoms with van der Waals surface area (Å²) in [5, 5.41) is 4.36. The van der Waals surface area contributed by atoms with Crippen LogP contribution in [0.4, 0.5) is 0 Å². The van der Waals surface area contributed by atoms with E-state index >= 15 is 0 Å². The van der Waals surface area contributed by atoms with Crippen LogP contribution in [0.3, 0.4) is 0 Å². The Balaban J connectivity index is 1.84. The van der Waals surface area contributed by atoms with Crippen molar-refractivity contribution in [1.29, 1.82) is 0 Å². The molecular weight excluding hydrogens is 366 g/mol. The van der Waals surface area contributed by atoms with E-state index in [1.165, 1.54) is 7.11 Å². The fraction of sp³-hybridized carbons (Fsp3) is 0.167. The number of rotatable bonds is 9. The van der Waals surface area contributed by atoms with Gasteiger partial charge in [-0.1, -0.05) is 84.0 Å². The molecular formula is C24H23NO4. The van der Waals surface area contributed by atoms with Crippen molar-refractivity contribution in [3.8, 4) is 5.75 Å². The van der Waals surface area contributed by atoms with Gasteiger partial charge in [0, 0.05) is 12.0 Å². The molecule has 0 aliphatic heterocycles. The first-order valence-electron chi connectivity index (χ1n) is 9.38. The molecule has 5 nitrogen and oxygen atoms in total. The smallest absolute Gasteiger partial charge is 0.305 e. The predicted molar refractivity (Wildman–Crippen MR) is 112 cm³/mol. The molecule has 0 aliphatic rings. The highest BCUT2D eigenvalue weighted by Gasteiger charge is 2.16. The Morgan fingerprint density at radius 3 is 2.03 bits per heavy atom. The third-order valence-corrected chi connectivity index (χ3v) is 4.22. The van der Waals surface area contributed by atoms with E-state index in [2.05, 4.69) is 5.16 Å². The Kier molecular flexibility index (Phi) is 7.41. The van der Waals surface area contributed by atoms with Crippen molar-refractivity contribution in [2.75, 3.05) is 7.11 Å². The van der Waals surface area contributed by atoms with E-state index in [4.69, 9.17) is 14.3 Å². The number of hydrogen-bond donors (Lipinski definition) is 0. The van der Waals surface area contributed by atoms with Crippen LogP contribution in [0.5, 0.6) is 5.75 Å². The van der Waals surface area contributed by atoms with Gasteiger partial charge in [0.05, 0.1) is 19.2 Å². The summed E-state index contributed by atoms with van der Waals surface area (Å²) in [4.78, 5) is 17.4. The second kappa shape index (κ2) is 10.7. The van der Waals surface area contributed by atoms with Gasteiger partial charge in [0.25, 0.3) is 6.29 Å². The van der Waals surface area contributed by atoms with E-state index < -0.39 is 6.29 Å². The van der Waals surface area contributed by atoms with Crippen molar-refractivity contribution in [1.82, 2.24) is 0 Å². The van der Waals surface area contributed by atoms with Crippen LogP contribution >= 0.6 is 0 Å². The SMILES string of the molecule is COC(=O)CCC(=NOC(Oc1ccccc1)c1ccccc1)c1ccccc1. The van der Waals surface area contributed by atoms with Crippen molar-refractivity contribution < 1.29 is 19.1 Å². The molecule has 3 aromatic carbocycles. The summed E-state index contributed by atoms with van der Waals surface area (Å²) in [6.07, 6.45) is -0.123. The number of carbonyl (C=O) groups excluding carboxylic acids is 1. The number of para-hydroxylation sites is 1. The van der Waals surface area contributed by atoms with Crippen LogP contribution in [0.15, 0.2) is 96.2 Å². The predicted octanol–water partition coefficient (Wildman–Crippen LogP) is 5.14. The highest BCUT2D eigenvalue weighted by molar-refractivity contribution is 6.01. The zero-order valence-electron chi connectivity index (χ0n) is 16.2. The van der Waals surface area contributed by atoms with Gasteiger partial charge < -0.3 is 14.3 Å². The van der Waals surface area contributed by atoms with Gasteiger partial charge in [-0.3, -0.25) is 4.79 Å². The van der Waals surface area contributed by atoms with Crippen LogP contribution in [-0.4, -0.2) is 18.8 Å². The van der Waals surface area contributed by atoms with E-state index in [-0.39, 0.29) is 12.4 Å². The minimum Gasteiger partial charge on any atom is -0.469 e. The molecule has 0 spiro atoms. The minimum absolute atomic E-state index is 0.211. The highest BCUT2D eigenvalue weighted by Crippen LogP contribution is 2.24. The maximum absolute atomic E-state index is 11.6. The Bertz CT molecular complexity index is 911. The standard InChI is InChI=1S/C24H23NO4/c1-27-23(26)18-17-22(19-11-5-2-6-12-19)25-29-24(20-13-7-3-8-14-20)28-21-15-9-4-10-16-21/h2-16,24H,17-18H2,1H3. The number of oxime groups is 1. The molecule has 0 N–H and O–H groups in total. The normalized spacial score (nSPS) is 12.1. The fourth-order valence-corrected chi connectivity index (χ4v) is 2.69. The number of esters is 1. The first-order valence-corrected chi connectivity index (χ1v) is 9.38. The van der Waals surface area contributed by atoms with Crippen LogP contribution in [0.2, 0.25) is 0 Å². The first kappa shape index (κ1) is 20.1. The van der Waals surface area contributed by atoms with Gasteiger partial charge >= 0.3 is 5.97 Å². The quantitative estimate of drug-likeness (QED) is 0.220. The maximum atomic E-state index is 11.6. The molecule has 0 saturated heterocycles. The van der Waals surface area contributed by atoms with Crippen LogP contribution in [0, 0.1) is 0 Å². The molecule has 0 saturated carbocycles. The number of ether oxygens (including phenoxy) is 2. The lowest BCUT2D eigenvalue weighted by Crippen LogP contribution is -2.12. The number of benzene rings is 3. The molecule has 0 aromatic heterocycles. The van der Waals surface area contributed by atoms with E-state index in [0.29, 0.717) is 17.9 Å². The van der Waals surface area contributed by atoms with Crippen LogP contribution in [0.1, 0.15) is 30.3 Å². The zero-order chi connectivity index (χ0) is 20.3. The van der Waals surface area contributed by atoms with Gasteiger partial charge in [0.2, 0.25) is 0 Å². The second-order valence-electron chi connectivity index (χ2n) is 6.26. The number of hydrogen-bond acceptors (Lipinski definition) is 5. The molecule has 0 heterocycles. The molecule has 148 valence electrons. The molecule has 3 rings (SSSR count). The largest absolute Gasteiger partial charge is 0.469 e. The van der Waals surface area contributed by atoms with Gasteiger partial charge in [0.1, 0.15) is 5.75 Å². The average molecular weight is 389 g/mol. The molecule has 3 aromatic rings. The Hall–Kier alpha value is -3.60. The lowest BCUT2D eigenvalue weighted by molar-refractivity contribution is -0.140. The second-order valence-corrected chi connectivity index (χ2v) is 6.26. The first-order chi connectivity index (χ1) is 14.3. The summed E-state index contributed by atoms with van der Waals surface area (Å²) >= 11 is 0. The summed E-state index contributed by atoms with van der Waals surface area (Å²) in [6, 6.07) is 28.6. The number of nitrogens with zero attached hydrogens (tertiary/aromatic N) is 1. The summed E-state index contributed by atoms with van der Waals surface area (Å²) < 4.78 is 10.8. The van der Waals surface area contributed by atoms with E-state index in [1.54, 1.807) is 0 Å². The third-order valence-electron chi connectivity index (χ3n) is 4.22. The summed E-state index contributed by atoms with van der Waals surface area (Å²) in [5.41, 5.74) is 2.36. The van der Waals surface area contributed by atoms with Crippen LogP contribution in [-0.2, 0) is 14.4 Å². The minimum atomic E-state index is -0.726. The molecule has 0 fully saturated rings. The van der Waals surface area contributed by atoms with Gasteiger partial charge in [0.15, 0.2) is 0 Å². The molecule has 1 atom stereocenters. The van der Waals surface area contributed by atoms with Crippen molar-refractivity contribution in [3.63, 3.8) is 0 Å². The Labute approximate surface area is 170 Å². The molecule has 29 heavy (non-hydrogen) atoms. The van der Waals surface area contributed by atoms with Gasteiger partial charge in [-0.05, 0) is 17.7 Å². The van der Waals surface area contributed by atoms with E-state index in [1.807, 2.05) is 91.0 Å². The number of carbonyl (C=O) groups is 1. The molecule has 0 bridgehead atoms. The van der Waals surface area contributed by atoms with Crippen molar-refractivity contribution in [2.45, 2.75) is 19.1 Å². The van der Waals surface area contributed by atoms with Crippen LogP contribution in [0.25, 0.3) is 0 Å².